The summed E-state index contributed by atoms with van der Waals surface area (Å²) in [6.07, 6.45) is -0.156. The maximum Gasteiger partial charge on any atom is 0.305 e. The van der Waals surface area contributed by atoms with Crippen molar-refractivity contribution in [2.24, 2.45) is 0 Å². The summed E-state index contributed by atoms with van der Waals surface area (Å²) < 4.78 is 13.1. The number of carboxylic acids is 1. The predicted octanol–water partition coefficient (Wildman–Crippen LogP) is 2.59. The number of carbonyl (C=O) groups is 3. The van der Waals surface area contributed by atoms with Crippen molar-refractivity contribution >= 4 is 23.5 Å². The number of nitrogens with one attached hydrogen (secondary N) is 2. The quantitative estimate of drug-likeness (QED) is 0.750. The summed E-state index contributed by atoms with van der Waals surface area (Å²) in [5, 5.41) is 13.7. The van der Waals surface area contributed by atoms with Gasteiger partial charge in [0.05, 0.1) is 6.42 Å². The van der Waals surface area contributed by atoms with E-state index in [2.05, 4.69) is 10.6 Å². The third-order valence-corrected chi connectivity index (χ3v) is 3.46. The number of rotatable bonds is 6. The van der Waals surface area contributed by atoms with Gasteiger partial charge in [-0.15, -0.1) is 0 Å². The molecule has 0 unspecified atom stereocenters. The highest BCUT2D eigenvalue weighted by Crippen LogP contribution is 2.14. The molecule has 0 atom stereocenters. The summed E-state index contributed by atoms with van der Waals surface area (Å²) in [6, 6.07) is 10.1. The number of carboxylic acid groups (broad SMARTS) is 1. The van der Waals surface area contributed by atoms with Crippen LogP contribution in [0.1, 0.15) is 32.7 Å². The number of hydrogen-bond acceptors (Lipinski definition) is 3. The van der Waals surface area contributed by atoms with E-state index in [0.29, 0.717) is 22.4 Å². The molecule has 2 rings (SSSR count). The van der Waals surface area contributed by atoms with Gasteiger partial charge in [0.15, 0.2) is 0 Å². The van der Waals surface area contributed by atoms with E-state index in [0.717, 1.165) is 0 Å². The van der Waals surface area contributed by atoms with E-state index in [1.807, 2.05) is 0 Å². The minimum atomic E-state index is -0.991. The van der Waals surface area contributed by atoms with Crippen molar-refractivity contribution in [2.45, 2.75) is 13.3 Å². The fourth-order valence-electron chi connectivity index (χ4n) is 2.17. The highest BCUT2D eigenvalue weighted by atomic mass is 19.1. The number of aryl methyl sites for hydroxylation is 1. The lowest BCUT2D eigenvalue weighted by Crippen LogP contribution is -2.25. The lowest BCUT2D eigenvalue weighted by atomic mass is 10.1. The summed E-state index contributed by atoms with van der Waals surface area (Å²) in [6.45, 7) is 1.68. The lowest BCUT2D eigenvalue weighted by Gasteiger charge is -2.09. The van der Waals surface area contributed by atoms with Gasteiger partial charge in [-0.2, -0.15) is 0 Å². The van der Waals surface area contributed by atoms with Crippen LogP contribution in [-0.2, 0) is 4.79 Å². The Labute approximate surface area is 143 Å². The molecule has 7 heteroatoms. The first-order valence-electron chi connectivity index (χ1n) is 7.54. The molecule has 0 fully saturated rings. The Hall–Kier alpha value is -3.22. The molecule has 25 heavy (non-hydrogen) atoms. The first-order valence-corrected chi connectivity index (χ1v) is 7.54. The van der Waals surface area contributed by atoms with Gasteiger partial charge in [0, 0.05) is 23.4 Å². The van der Waals surface area contributed by atoms with Gasteiger partial charge < -0.3 is 15.7 Å². The number of amides is 2. The predicted molar refractivity (Wildman–Crippen MR) is 90.1 cm³/mol. The van der Waals surface area contributed by atoms with Crippen LogP contribution in [0.4, 0.5) is 10.1 Å². The van der Waals surface area contributed by atoms with Crippen molar-refractivity contribution in [1.82, 2.24) is 5.32 Å². The molecule has 0 spiro atoms. The van der Waals surface area contributed by atoms with E-state index in [1.54, 1.807) is 19.1 Å². The standard InChI is InChI=1S/C18H17FN2O4/c1-11-10-13(19)4-7-15(11)18(25)21-14-5-2-12(3-6-14)17(24)20-9-8-16(22)23/h2-7,10H,8-9H2,1H3,(H,20,24)(H,21,25)(H,22,23). The number of benzene rings is 2. The molecule has 0 aliphatic carbocycles. The fourth-order valence-corrected chi connectivity index (χ4v) is 2.17. The van der Waals surface area contributed by atoms with Crippen molar-refractivity contribution in [3.63, 3.8) is 0 Å². The molecule has 2 aromatic carbocycles. The maximum atomic E-state index is 13.1. The van der Waals surface area contributed by atoms with Crippen LogP contribution < -0.4 is 10.6 Å². The van der Waals surface area contributed by atoms with Gasteiger partial charge in [0.2, 0.25) is 0 Å². The van der Waals surface area contributed by atoms with Crippen LogP contribution in [0.2, 0.25) is 0 Å². The number of aliphatic carboxylic acids is 1. The molecule has 0 radical (unpaired) electrons. The zero-order valence-corrected chi connectivity index (χ0v) is 13.5. The zero-order chi connectivity index (χ0) is 18.4. The highest BCUT2D eigenvalue weighted by Gasteiger charge is 2.11. The van der Waals surface area contributed by atoms with E-state index in [1.165, 1.54) is 30.3 Å². The van der Waals surface area contributed by atoms with Gasteiger partial charge in [-0.3, -0.25) is 14.4 Å². The second kappa shape index (κ2) is 8.05. The second-order valence-electron chi connectivity index (χ2n) is 5.39. The average molecular weight is 344 g/mol. The van der Waals surface area contributed by atoms with Crippen molar-refractivity contribution in [2.75, 3.05) is 11.9 Å². The van der Waals surface area contributed by atoms with E-state index in [4.69, 9.17) is 5.11 Å². The van der Waals surface area contributed by atoms with E-state index in [-0.39, 0.29) is 18.9 Å². The summed E-state index contributed by atoms with van der Waals surface area (Å²) in [5.41, 5.74) is 1.71. The van der Waals surface area contributed by atoms with Crippen molar-refractivity contribution in [3.8, 4) is 0 Å². The first kappa shape index (κ1) is 18.1. The molecule has 0 saturated heterocycles. The molecular weight excluding hydrogens is 327 g/mol. The molecule has 2 amide bonds. The smallest absolute Gasteiger partial charge is 0.305 e. The molecule has 0 aliphatic heterocycles. The molecule has 0 saturated carbocycles. The Kier molecular flexibility index (Phi) is 5.84. The van der Waals surface area contributed by atoms with Gasteiger partial charge in [-0.1, -0.05) is 0 Å². The van der Waals surface area contributed by atoms with Crippen LogP contribution in [0.25, 0.3) is 0 Å². The van der Waals surface area contributed by atoms with Gasteiger partial charge >= 0.3 is 5.97 Å². The first-order chi connectivity index (χ1) is 11.9. The monoisotopic (exact) mass is 344 g/mol. The van der Waals surface area contributed by atoms with Crippen LogP contribution in [0.15, 0.2) is 42.5 Å². The minimum absolute atomic E-state index is 0.0382. The largest absolute Gasteiger partial charge is 0.481 e. The molecular formula is C18H17FN2O4. The molecule has 0 heterocycles. The van der Waals surface area contributed by atoms with Crippen molar-refractivity contribution in [3.05, 3.63) is 65.0 Å². The molecule has 130 valence electrons. The van der Waals surface area contributed by atoms with Crippen LogP contribution in [-0.4, -0.2) is 29.4 Å². The third kappa shape index (κ3) is 5.13. The summed E-state index contributed by atoms with van der Waals surface area (Å²) in [5.74, 6) is -2.17. The van der Waals surface area contributed by atoms with Crippen LogP contribution >= 0.6 is 0 Å². The maximum absolute atomic E-state index is 13.1. The summed E-state index contributed by atoms with van der Waals surface area (Å²) >= 11 is 0. The van der Waals surface area contributed by atoms with Crippen LogP contribution in [0.5, 0.6) is 0 Å². The van der Waals surface area contributed by atoms with Crippen LogP contribution in [0.3, 0.4) is 0 Å². The Bertz CT molecular complexity index is 803. The summed E-state index contributed by atoms with van der Waals surface area (Å²) in [4.78, 5) is 34.4. The normalized spacial score (nSPS) is 10.2. The number of hydrogen-bond donors (Lipinski definition) is 3. The number of carbonyl (C=O) groups excluding carboxylic acids is 2. The zero-order valence-electron chi connectivity index (χ0n) is 13.5. The SMILES string of the molecule is Cc1cc(F)ccc1C(=O)Nc1ccc(C(=O)NCCC(=O)O)cc1. The Morgan fingerprint density at radius 2 is 1.72 bits per heavy atom. The number of halogens is 1. The van der Waals surface area contributed by atoms with E-state index >= 15 is 0 Å². The molecule has 0 bridgehead atoms. The molecule has 3 N–H and O–H groups in total. The topological polar surface area (TPSA) is 95.5 Å². The molecule has 2 aromatic rings. The van der Waals surface area contributed by atoms with Gasteiger partial charge in [0.1, 0.15) is 5.82 Å². The van der Waals surface area contributed by atoms with Gasteiger partial charge in [-0.05, 0) is 55.0 Å². The lowest BCUT2D eigenvalue weighted by molar-refractivity contribution is -0.136. The Balaban J connectivity index is 1.98. The number of anilines is 1. The Morgan fingerprint density at radius 1 is 1.04 bits per heavy atom. The molecule has 0 aromatic heterocycles. The summed E-state index contributed by atoms with van der Waals surface area (Å²) in [7, 11) is 0. The van der Waals surface area contributed by atoms with Crippen LogP contribution in [0, 0.1) is 12.7 Å². The van der Waals surface area contributed by atoms with Gasteiger partial charge in [-0.25, -0.2) is 4.39 Å². The Morgan fingerprint density at radius 3 is 2.32 bits per heavy atom. The van der Waals surface area contributed by atoms with Crippen molar-refractivity contribution in [1.29, 1.82) is 0 Å². The minimum Gasteiger partial charge on any atom is -0.481 e. The average Bonchev–Trinajstić information content (AvgIpc) is 2.54. The third-order valence-electron chi connectivity index (χ3n) is 3.46. The van der Waals surface area contributed by atoms with Gasteiger partial charge in [0.25, 0.3) is 11.8 Å². The molecule has 6 nitrogen and oxygen atoms in total. The van der Waals surface area contributed by atoms with E-state index < -0.39 is 17.7 Å². The fraction of sp³-hybridized carbons (Fsp3) is 0.167. The van der Waals surface area contributed by atoms with Crippen molar-refractivity contribution < 1.29 is 23.9 Å². The highest BCUT2D eigenvalue weighted by molar-refractivity contribution is 6.05. The van der Waals surface area contributed by atoms with E-state index in [9.17, 15) is 18.8 Å². The second-order valence-corrected chi connectivity index (χ2v) is 5.39. The molecule has 0 aliphatic rings.